The van der Waals surface area contributed by atoms with Crippen LogP contribution in [0.15, 0.2) is 24.3 Å². The van der Waals surface area contributed by atoms with Crippen molar-refractivity contribution in [2.75, 3.05) is 49.2 Å². The summed E-state index contributed by atoms with van der Waals surface area (Å²) < 4.78 is 14.1. The fraction of sp³-hybridized carbons (Fsp3) is 0.316. The molecule has 0 atom stereocenters. The standard InChI is InChI=1S/C19H21ClFN5O3/c1-11-17(20)13(10-16(18(11)21)26(28)29)19(27)23-14-9-12(22)3-4-15(14)25-7-5-24(2)6-8-25/h3-4,9-10H,5-8,22H2,1-2H3,(H,23,27). The fourth-order valence-electron chi connectivity index (χ4n) is 3.22. The summed E-state index contributed by atoms with van der Waals surface area (Å²) in [5, 5.41) is 13.7. The number of hydrogen-bond acceptors (Lipinski definition) is 6. The average molecular weight is 422 g/mol. The number of nitrogens with two attached hydrogens (primary N) is 1. The molecule has 8 nitrogen and oxygen atoms in total. The lowest BCUT2D eigenvalue weighted by atomic mass is 10.1. The van der Waals surface area contributed by atoms with Crippen molar-refractivity contribution in [3.8, 4) is 0 Å². The molecule has 0 unspecified atom stereocenters. The Bertz CT molecular complexity index is 977. The van der Waals surface area contributed by atoms with Gasteiger partial charge in [0.15, 0.2) is 0 Å². The van der Waals surface area contributed by atoms with Gasteiger partial charge in [0.05, 0.1) is 26.9 Å². The maximum atomic E-state index is 14.1. The highest BCUT2D eigenvalue weighted by molar-refractivity contribution is 6.35. The molecule has 1 amide bonds. The van der Waals surface area contributed by atoms with Crippen LogP contribution in [0.3, 0.4) is 0 Å². The molecule has 10 heteroatoms. The van der Waals surface area contributed by atoms with Crippen molar-refractivity contribution in [3.63, 3.8) is 0 Å². The maximum Gasteiger partial charge on any atom is 0.305 e. The highest BCUT2D eigenvalue weighted by Gasteiger charge is 2.26. The first kappa shape index (κ1) is 20.8. The van der Waals surface area contributed by atoms with E-state index >= 15 is 0 Å². The summed E-state index contributed by atoms with van der Waals surface area (Å²) in [5.41, 5.74) is 6.45. The van der Waals surface area contributed by atoms with Crippen LogP contribution in [0.2, 0.25) is 5.02 Å². The molecule has 1 fully saturated rings. The van der Waals surface area contributed by atoms with Crippen molar-refractivity contribution < 1.29 is 14.1 Å². The summed E-state index contributed by atoms with van der Waals surface area (Å²) in [7, 11) is 2.04. The molecule has 3 N–H and O–H groups in total. The maximum absolute atomic E-state index is 14.1. The van der Waals surface area contributed by atoms with E-state index in [9.17, 15) is 19.3 Å². The Morgan fingerprint density at radius 3 is 2.55 bits per heavy atom. The van der Waals surface area contributed by atoms with E-state index in [4.69, 9.17) is 17.3 Å². The number of hydrogen-bond donors (Lipinski definition) is 2. The highest BCUT2D eigenvalue weighted by atomic mass is 35.5. The lowest BCUT2D eigenvalue weighted by Gasteiger charge is -2.35. The van der Waals surface area contributed by atoms with Crippen LogP contribution in [-0.4, -0.2) is 49.0 Å². The van der Waals surface area contributed by atoms with Crippen molar-refractivity contribution in [3.05, 3.63) is 56.3 Å². The Morgan fingerprint density at radius 1 is 1.28 bits per heavy atom. The van der Waals surface area contributed by atoms with Crippen LogP contribution in [-0.2, 0) is 0 Å². The monoisotopic (exact) mass is 421 g/mol. The van der Waals surface area contributed by atoms with Gasteiger partial charge in [-0.25, -0.2) is 0 Å². The van der Waals surface area contributed by atoms with E-state index in [1.54, 1.807) is 12.1 Å². The number of nitro groups is 1. The number of amides is 1. The van der Waals surface area contributed by atoms with Crippen molar-refractivity contribution in [2.45, 2.75) is 6.92 Å². The molecule has 154 valence electrons. The van der Waals surface area contributed by atoms with Crippen LogP contribution in [0, 0.1) is 22.9 Å². The molecule has 0 radical (unpaired) electrons. The van der Waals surface area contributed by atoms with Gasteiger partial charge in [-0.3, -0.25) is 14.9 Å². The number of nitrogen functional groups attached to an aromatic ring is 1. The normalized spacial score (nSPS) is 14.7. The van der Waals surface area contributed by atoms with E-state index < -0.39 is 22.3 Å². The summed E-state index contributed by atoms with van der Waals surface area (Å²) in [5.74, 6) is -1.74. The summed E-state index contributed by atoms with van der Waals surface area (Å²) >= 11 is 6.11. The van der Waals surface area contributed by atoms with Crippen LogP contribution < -0.4 is 16.0 Å². The molecule has 0 saturated carbocycles. The van der Waals surface area contributed by atoms with Crippen LogP contribution in [0.5, 0.6) is 0 Å². The number of rotatable bonds is 4. The summed E-state index contributed by atoms with van der Waals surface area (Å²) in [6.07, 6.45) is 0. The number of benzene rings is 2. The molecule has 1 saturated heterocycles. The SMILES string of the molecule is Cc1c(F)c([N+](=O)[O-])cc(C(=O)Nc2cc(N)ccc2N2CCN(C)CC2)c1Cl. The molecular formula is C19H21ClFN5O3. The molecule has 0 bridgehead atoms. The van der Waals surface area contributed by atoms with Gasteiger partial charge in [-0.15, -0.1) is 0 Å². The minimum absolute atomic E-state index is 0.155. The average Bonchev–Trinajstić information content (AvgIpc) is 2.67. The molecule has 29 heavy (non-hydrogen) atoms. The Morgan fingerprint density at radius 2 is 1.93 bits per heavy atom. The number of nitro benzene ring substituents is 1. The first-order valence-electron chi connectivity index (χ1n) is 8.96. The van der Waals surface area contributed by atoms with E-state index in [0.717, 1.165) is 37.9 Å². The van der Waals surface area contributed by atoms with Crippen molar-refractivity contribution in [1.29, 1.82) is 0 Å². The lowest BCUT2D eigenvalue weighted by molar-refractivity contribution is -0.387. The van der Waals surface area contributed by atoms with Crippen LogP contribution >= 0.6 is 11.6 Å². The quantitative estimate of drug-likeness (QED) is 0.446. The topological polar surface area (TPSA) is 105 Å². The first-order valence-corrected chi connectivity index (χ1v) is 9.34. The van der Waals surface area contributed by atoms with Crippen molar-refractivity contribution in [1.82, 2.24) is 4.90 Å². The molecule has 0 aliphatic carbocycles. The van der Waals surface area contributed by atoms with E-state index in [1.807, 2.05) is 13.1 Å². The molecule has 0 spiro atoms. The zero-order chi connectivity index (χ0) is 21.3. The predicted molar refractivity (Wildman–Crippen MR) is 111 cm³/mol. The predicted octanol–water partition coefficient (Wildman–Crippen LogP) is 3.28. The molecule has 2 aromatic carbocycles. The molecule has 1 aliphatic heterocycles. The van der Waals surface area contributed by atoms with Gasteiger partial charge in [0.2, 0.25) is 5.82 Å². The molecule has 2 aromatic rings. The van der Waals surface area contributed by atoms with Gasteiger partial charge >= 0.3 is 5.69 Å². The third kappa shape index (κ3) is 4.25. The molecule has 0 aromatic heterocycles. The number of anilines is 3. The van der Waals surface area contributed by atoms with Gasteiger partial charge in [-0.1, -0.05) is 11.6 Å². The first-order chi connectivity index (χ1) is 13.7. The molecule has 1 heterocycles. The van der Waals surface area contributed by atoms with E-state index in [-0.39, 0.29) is 16.1 Å². The number of halogens is 2. The molecule has 1 aliphatic rings. The van der Waals surface area contributed by atoms with E-state index in [2.05, 4.69) is 15.1 Å². The summed E-state index contributed by atoms with van der Waals surface area (Å²) in [6.45, 7) is 4.56. The zero-order valence-electron chi connectivity index (χ0n) is 16.0. The Kier molecular flexibility index (Phi) is 5.90. The van der Waals surface area contributed by atoms with Gasteiger partial charge in [0.25, 0.3) is 5.91 Å². The number of likely N-dealkylation sites (N-methyl/N-ethyl adjacent to an activating group) is 1. The Balaban J connectivity index is 1.96. The summed E-state index contributed by atoms with van der Waals surface area (Å²) in [4.78, 5) is 27.4. The minimum Gasteiger partial charge on any atom is -0.399 e. The van der Waals surface area contributed by atoms with Crippen LogP contribution in [0.4, 0.5) is 27.1 Å². The third-order valence-corrected chi connectivity index (χ3v) is 5.44. The van der Waals surface area contributed by atoms with Crippen LogP contribution in [0.25, 0.3) is 0 Å². The molecule has 3 rings (SSSR count). The Hall–Kier alpha value is -2.91. The highest BCUT2D eigenvalue weighted by Crippen LogP contribution is 2.33. The van der Waals surface area contributed by atoms with Gasteiger partial charge < -0.3 is 20.9 Å². The van der Waals surface area contributed by atoms with Crippen molar-refractivity contribution in [2.24, 2.45) is 0 Å². The van der Waals surface area contributed by atoms with Gasteiger partial charge in [0.1, 0.15) is 0 Å². The van der Waals surface area contributed by atoms with Crippen molar-refractivity contribution >= 4 is 40.3 Å². The second kappa shape index (κ2) is 8.22. The number of nitrogens with zero attached hydrogens (tertiary/aromatic N) is 3. The number of piperazine rings is 1. The van der Waals surface area contributed by atoms with Gasteiger partial charge in [-0.2, -0.15) is 4.39 Å². The summed E-state index contributed by atoms with van der Waals surface area (Å²) in [6, 6.07) is 6.02. The van der Waals surface area contributed by atoms with E-state index in [1.165, 1.54) is 6.92 Å². The van der Waals surface area contributed by atoms with Gasteiger partial charge in [0, 0.05) is 43.5 Å². The fourth-order valence-corrected chi connectivity index (χ4v) is 3.44. The zero-order valence-corrected chi connectivity index (χ0v) is 16.8. The van der Waals surface area contributed by atoms with E-state index in [0.29, 0.717) is 11.4 Å². The second-order valence-electron chi connectivity index (χ2n) is 6.97. The largest absolute Gasteiger partial charge is 0.399 e. The van der Waals surface area contributed by atoms with Gasteiger partial charge in [-0.05, 0) is 32.2 Å². The number of nitrogens with one attached hydrogen (secondary N) is 1. The number of carbonyl (C=O) groups excluding carboxylic acids is 1. The second-order valence-corrected chi connectivity index (χ2v) is 7.35. The number of carbonyl (C=O) groups is 1. The molecular weight excluding hydrogens is 401 g/mol. The van der Waals surface area contributed by atoms with Crippen LogP contribution in [0.1, 0.15) is 15.9 Å². The minimum atomic E-state index is -1.06. The lowest BCUT2D eigenvalue weighted by Crippen LogP contribution is -2.44. The Labute approximate surface area is 172 Å². The smallest absolute Gasteiger partial charge is 0.305 e. The third-order valence-electron chi connectivity index (χ3n) is 4.95.